The number of benzene rings is 3. The number of rotatable bonds is 5. The maximum absolute atomic E-state index is 12.8. The molecule has 3 rings (SSSR count). The molecule has 0 unspecified atom stereocenters. The Bertz CT molecular complexity index is 1130. The Balaban J connectivity index is 1.87. The zero-order chi connectivity index (χ0) is 20.3. The molecule has 0 heterocycles. The van der Waals surface area contributed by atoms with Crippen LogP contribution in [0.25, 0.3) is 0 Å². The summed E-state index contributed by atoms with van der Waals surface area (Å²) in [6.45, 7) is 3.81. The van der Waals surface area contributed by atoms with E-state index in [-0.39, 0.29) is 15.5 Å². The van der Waals surface area contributed by atoms with Gasteiger partial charge in [0.2, 0.25) is 0 Å². The molecule has 0 bridgehead atoms. The Morgan fingerprint density at radius 2 is 1.57 bits per heavy atom. The summed E-state index contributed by atoms with van der Waals surface area (Å²) in [6, 6.07) is 18.4. The lowest BCUT2D eigenvalue weighted by atomic mass is 10.2. The van der Waals surface area contributed by atoms with Gasteiger partial charge in [-0.2, -0.15) is 0 Å². The predicted octanol–water partition coefficient (Wildman–Crippen LogP) is 5.01. The number of amides is 1. The molecule has 3 aromatic carbocycles. The Hall–Kier alpha value is -2.83. The minimum atomic E-state index is -3.96. The van der Waals surface area contributed by atoms with Crippen LogP contribution < -0.4 is 10.0 Å². The van der Waals surface area contributed by atoms with E-state index in [1.807, 2.05) is 32.0 Å². The number of sulfonamides is 1. The van der Waals surface area contributed by atoms with Gasteiger partial charge >= 0.3 is 0 Å². The SMILES string of the molecule is Cc1ccc(NC(=O)c2ccc(Cl)c(S(=O)(=O)Nc3cccc(C)c3)c2)cc1. The third-order valence-electron chi connectivity index (χ3n) is 4.06. The van der Waals surface area contributed by atoms with Crippen molar-refractivity contribution < 1.29 is 13.2 Å². The Morgan fingerprint density at radius 3 is 2.25 bits per heavy atom. The van der Waals surface area contributed by atoms with Crippen molar-refractivity contribution in [3.63, 3.8) is 0 Å². The van der Waals surface area contributed by atoms with Gasteiger partial charge in [0.1, 0.15) is 4.90 Å². The number of halogens is 1. The average molecular weight is 415 g/mol. The molecule has 0 atom stereocenters. The first-order chi connectivity index (χ1) is 13.2. The number of aryl methyl sites for hydroxylation is 2. The van der Waals surface area contributed by atoms with Crippen LogP contribution in [0.1, 0.15) is 21.5 Å². The first kappa shape index (κ1) is 19.9. The number of hydrogen-bond acceptors (Lipinski definition) is 3. The number of carbonyl (C=O) groups is 1. The van der Waals surface area contributed by atoms with E-state index in [2.05, 4.69) is 10.0 Å². The summed E-state index contributed by atoms with van der Waals surface area (Å²) < 4.78 is 28.0. The molecule has 7 heteroatoms. The minimum Gasteiger partial charge on any atom is -0.322 e. The van der Waals surface area contributed by atoms with E-state index in [0.717, 1.165) is 11.1 Å². The van der Waals surface area contributed by atoms with Gasteiger partial charge in [0.05, 0.1) is 5.02 Å². The average Bonchev–Trinajstić information content (AvgIpc) is 2.63. The fourth-order valence-electron chi connectivity index (χ4n) is 2.61. The maximum atomic E-state index is 12.8. The molecule has 0 saturated heterocycles. The van der Waals surface area contributed by atoms with E-state index < -0.39 is 15.9 Å². The summed E-state index contributed by atoms with van der Waals surface area (Å²) in [4.78, 5) is 12.4. The van der Waals surface area contributed by atoms with E-state index >= 15 is 0 Å². The Kier molecular flexibility index (Phi) is 5.72. The second-order valence-corrected chi connectivity index (χ2v) is 8.50. The smallest absolute Gasteiger partial charge is 0.263 e. The Morgan fingerprint density at radius 1 is 0.857 bits per heavy atom. The van der Waals surface area contributed by atoms with Crippen LogP contribution >= 0.6 is 11.6 Å². The molecule has 28 heavy (non-hydrogen) atoms. The molecule has 3 aromatic rings. The second-order valence-electron chi connectivity index (χ2n) is 6.44. The lowest BCUT2D eigenvalue weighted by molar-refractivity contribution is 0.102. The van der Waals surface area contributed by atoms with Crippen molar-refractivity contribution in [1.82, 2.24) is 0 Å². The number of anilines is 2. The first-order valence-corrected chi connectivity index (χ1v) is 10.4. The van der Waals surface area contributed by atoms with Crippen LogP contribution in [-0.2, 0) is 10.0 Å². The fourth-order valence-corrected chi connectivity index (χ4v) is 4.19. The van der Waals surface area contributed by atoms with E-state index in [1.165, 1.54) is 18.2 Å². The quantitative estimate of drug-likeness (QED) is 0.616. The monoisotopic (exact) mass is 414 g/mol. The van der Waals surface area contributed by atoms with Gasteiger partial charge in [-0.05, 0) is 61.9 Å². The zero-order valence-electron chi connectivity index (χ0n) is 15.4. The van der Waals surface area contributed by atoms with Crippen molar-refractivity contribution in [2.24, 2.45) is 0 Å². The minimum absolute atomic E-state index is 0.0343. The van der Waals surface area contributed by atoms with Gasteiger partial charge in [-0.25, -0.2) is 8.42 Å². The van der Waals surface area contributed by atoms with Crippen molar-refractivity contribution in [1.29, 1.82) is 0 Å². The molecular weight excluding hydrogens is 396 g/mol. The van der Waals surface area contributed by atoms with Crippen molar-refractivity contribution >= 4 is 38.9 Å². The van der Waals surface area contributed by atoms with Crippen LogP contribution in [0.3, 0.4) is 0 Å². The summed E-state index contributed by atoms with van der Waals surface area (Å²) in [7, 11) is -3.96. The highest BCUT2D eigenvalue weighted by molar-refractivity contribution is 7.92. The first-order valence-electron chi connectivity index (χ1n) is 8.52. The molecule has 0 aliphatic rings. The van der Waals surface area contributed by atoms with Crippen LogP contribution in [-0.4, -0.2) is 14.3 Å². The molecule has 0 fully saturated rings. The molecule has 1 amide bonds. The molecule has 0 radical (unpaired) electrons. The third-order valence-corrected chi connectivity index (χ3v) is 5.93. The van der Waals surface area contributed by atoms with E-state index in [4.69, 9.17) is 11.6 Å². The lowest BCUT2D eigenvalue weighted by Gasteiger charge is -2.12. The molecule has 0 aliphatic heterocycles. The zero-order valence-corrected chi connectivity index (χ0v) is 16.9. The number of hydrogen-bond donors (Lipinski definition) is 2. The lowest BCUT2D eigenvalue weighted by Crippen LogP contribution is -2.16. The van der Waals surface area contributed by atoms with Gasteiger partial charge in [-0.15, -0.1) is 0 Å². The molecule has 0 saturated carbocycles. The van der Waals surface area contributed by atoms with E-state index in [0.29, 0.717) is 11.4 Å². The van der Waals surface area contributed by atoms with Crippen LogP contribution in [0.4, 0.5) is 11.4 Å². The molecule has 2 N–H and O–H groups in total. The maximum Gasteiger partial charge on any atom is 0.263 e. The van der Waals surface area contributed by atoms with Crippen LogP contribution in [0.2, 0.25) is 5.02 Å². The number of nitrogens with one attached hydrogen (secondary N) is 2. The van der Waals surface area contributed by atoms with Crippen molar-refractivity contribution in [2.75, 3.05) is 10.0 Å². The van der Waals surface area contributed by atoms with Crippen molar-refractivity contribution in [3.05, 3.63) is 88.4 Å². The van der Waals surface area contributed by atoms with Gasteiger partial charge < -0.3 is 5.32 Å². The highest BCUT2D eigenvalue weighted by atomic mass is 35.5. The van der Waals surface area contributed by atoms with Crippen LogP contribution in [0.5, 0.6) is 0 Å². The van der Waals surface area contributed by atoms with Crippen LogP contribution in [0.15, 0.2) is 71.6 Å². The molecule has 0 spiro atoms. The number of carbonyl (C=O) groups excluding carboxylic acids is 1. The normalized spacial score (nSPS) is 11.1. The summed E-state index contributed by atoms with van der Waals surface area (Å²) in [5, 5.41) is 2.78. The summed E-state index contributed by atoms with van der Waals surface area (Å²) in [5.74, 6) is -0.424. The van der Waals surface area contributed by atoms with Gasteiger partial charge in [0.25, 0.3) is 15.9 Å². The molecule has 0 aromatic heterocycles. The predicted molar refractivity (Wildman–Crippen MR) is 113 cm³/mol. The summed E-state index contributed by atoms with van der Waals surface area (Å²) >= 11 is 6.11. The highest BCUT2D eigenvalue weighted by Crippen LogP contribution is 2.26. The molecule has 0 aliphatic carbocycles. The standard InChI is InChI=1S/C21H19ClN2O3S/c1-14-6-9-17(10-7-14)23-21(25)16-8-11-19(22)20(13-16)28(26,27)24-18-5-3-4-15(2)12-18/h3-13,24H,1-2H3,(H,23,25). The van der Waals surface area contributed by atoms with Crippen molar-refractivity contribution in [3.8, 4) is 0 Å². The summed E-state index contributed by atoms with van der Waals surface area (Å²) in [5.41, 5.74) is 3.21. The topological polar surface area (TPSA) is 75.3 Å². The molecular formula is C21H19ClN2O3S. The van der Waals surface area contributed by atoms with Crippen molar-refractivity contribution in [2.45, 2.75) is 18.7 Å². The third kappa shape index (κ3) is 4.71. The molecule has 5 nitrogen and oxygen atoms in total. The highest BCUT2D eigenvalue weighted by Gasteiger charge is 2.20. The van der Waals surface area contributed by atoms with Gasteiger partial charge in [-0.3, -0.25) is 9.52 Å². The molecule has 144 valence electrons. The second kappa shape index (κ2) is 8.04. The van der Waals surface area contributed by atoms with Gasteiger partial charge in [-0.1, -0.05) is 41.4 Å². The van der Waals surface area contributed by atoms with E-state index in [9.17, 15) is 13.2 Å². The fraction of sp³-hybridized carbons (Fsp3) is 0.0952. The summed E-state index contributed by atoms with van der Waals surface area (Å²) in [6.07, 6.45) is 0. The van der Waals surface area contributed by atoms with Crippen LogP contribution in [0, 0.1) is 13.8 Å². The Labute approximate surface area is 169 Å². The van der Waals surface area contributed by atoms with E-state index in [1.54, 1.807) is 30.3 Å². The van der Waals surface area contributed by atoms with Gasteiger partial charge in [0, 0.05) is 16.9 Å². The largest absolute Gasteiger partial charge is 0.322 e. The van der Waals surface area contributed by atoms with Gasteiger partial charge in [0.15, 0.2) is 0 Å².